The number of anilines is 1. The van der Waals surface area contributed by atoms with E-state index >= 15 is 0 Å². The second-order valence-electron chi connectivity index (χ2n) is 7.63. The van der Waals surface area contributed by atoms with E-state index in [1.807, 2.05) is 0 Å². The van der Waals surface area contributed by atoms with Gasteiger partial charge in [-0.05, 0) is 33.7 Å². The number of aromatic amines is 1. The van der Waals surface area contributed by atoms with Crippen LogP contribution in [-0.2, 0) is 19.2 Å². The van der Waals surface area contributed by atoms with Crippen LogP contribution in [0.4, 0.5) is 5.69 Å². The number of nitrogens with two attached hydrogens (primary N) is 2. The Bertz CT molecular complexity index is 1210. The lowest BCUT2D eigenvalue weighted by Gasteiger charge is -2.50. The molecule has 1 fully saturated rings. The minimum Gasteiger partial charge on any atom is -0.481 e. The van der Waals surface area contributed by atoms with Crippen LogP contribution < -0.4 is 16.8 Å². The number of amides is 2. The van der Waals surface area contributed by atoms with Gasteiger partial charge in [0.1, 0.15) is 23.2 Å². The predicted molar refractivity (Wildman–Crippen MR) is 124 cm³/mol. The number of nitrogen functional groups attached to an aromatic ring is 1. The van der Waals surface area contributed by atoms with Gasteiger partial charge >= 0.3 is 11.9 Å². The highest BCUT2D eigenvalue weighted by molar-refractivity contribution is 8.01. The molecule has 1 aromatic carbocycles. The van der Waals surface area contributed by atoms with Crippen LogP contribution in [-0.4, -0.2) is 81.9 Å². The summed E-state index contributed by atoms with van der Waals surface area (Å²) in [7, 11) is 0. The first-order chi connectivity index (χ1) is 16.7. The average molecular weight is 521 g/mol. The van der Waals surface area contributed by atoms with E-state index in [0.29, 0.717) is 11.3 Å². The Morgan fingerprint density at radius 1 is 1.34 bits per heavy atom. The largest absolute Gasteiger partial charge is 0.481 e. The van der Waals surface area contributed by atoms with E-state index < -0.39 is 52.9 Å². The maximum absolute atomic E-state index is 12.9. The number of aliphatic carboxylic acids is 2. The van der Waals surface area contributed by atoms with Crippen molar-refractivity contribution in [1.29, 1.82) is 0 Å². The SMILES string of the molecule is Nc1cccc(C(N)C(=O)NC2C(=O)N3C(C(=O)O)=C(C(CC(=O)O)Sc4nnn[nH]4)CS[C@@H]23)c1. The summed E-state index contributed by atoms with van der Waals surface area (Å²) in [5, 5.41) is 33.6. The number of rotatable bonds is 9. The second kappa shape index (κ2) is 9.93. The molecule has 1 aromatic heterocycles. The zero-order valence-corrected chi connectivity index (χ0v) is 19.5. The molecule has 3 heterocycles. The molecular weight excluding hydrogens is 500 g/mol. The van der Waals surface area contributed by atoms with E-state index in [1.54, 1.807) is 24.3 Å². The first kappa shape index (κ1) is 24.5. The fourth-order valence-corrected chi connectivity index (χ4v) is 6.30. The number of nitrogens with one attached hydrogen (secondary N) is 2. The number of carbonyl (C=O) groups excluding carboxylic acids is 2. The fraction of sp³-hybridized carbons (Fsp3) is 0.316. The van der Waals surface area contributed by atoms with Gasteiger partial charge in [-0.15, -0.1) is 16.9 Å². The van der Waals surface area contributed by atoms with Crippen LogP contribution in [0.1, 0.15) is 18.0 Å². The van der Waals surface area contributed by atoms with Crippen LogP contribution in [0.15, 0.2) is 40.7 Å². The van der Waals surface area contributed by atoms with Crippen LogP contribution in [0.3, 0.4) is 0 Å². The summed E-state index contributed by atoms with van der Waals surface area (Å²) in [6.07, 6.45) is -0.417. The normalized spacial score (nSPS) is 21.1. The molecule has 14 nitrogen and oxygen atoms in total. The van der Waals surface area contributed by atoms with Gasteiger partial charge in [-0.2, -0.15) is 0 Å². The average Bonchev–Trinajstić information content (AvgIpc) is 3.33. The molecule has 8 N–H and O–H groups in total. The number of nitrogens with zero attached hydrogens (tertiary/aromatic N) is 4. The molecule has 2 amide bonds. The molecule has 0 radical (unpaired) electrons. The van der Waals surface area contributed by atoms with Gasteiger partial charge in [0.15, 0.2) is 0 Å². The minimum absolute atomic E-state index is 0.121. The monoisotopic (exact) mass is 520 g/mol. The number of aromatic nitrogens is 4. The van der Waals surface area contributed by atoms with Gasteiger partial charge in [0.25, 0.3) is 5.91 Å². The van der Waals surface area contributed by atoms with Crippen LogP contribution in [0.25, 0.3) is 0 Å². The highest BCUT2D eigenvalue weighted by Crippen LogP contribution is 2.44. The summed E-state index contributed by atoms with van der Waals surface area (Å²) in [5.41, 5.74) is 12.6. The van der Waals surface area contributed by atoms with Crippen LogP contribution >= 0.6 is 23.5 Å². The van der Waals surface area contributed by atoms with E-state index in [4.69, 9.17) is 11.5 Å². The van der Waals surface area contributed by atoms with E-state index in [-0.39, 0.29) is 22.2 Å². The third-order valence-electron chi connectivity index (χ3n) is 5.38. The number of β-lactam (4-membered cyclic amide) rings is 1. The predicted octanol–water partition coefficient (Wildman–Crippen LogP) is -0.844. The fourth-order valence-electron chi connectivity index (χ4n) is 3.77. The molecular formula is C19H20N8O6S2. The van der Waals surface area contributed by atoms with E-state index in [1.165, 1.54) is 11.8 Å². The smallest absolute Gasteiger partial charge is 0.352 e. The maximum Gasteiger partial charge on any atom is 0.352 e. The van der Waals surface area contributed by atoms with Crippen molar-refractivity contribution in [2.45, 2.75) is 34.3 Å². The molecule has 2 aliphatic heterocycles. The Morgan fingerprint density at radius 2 is 2.11 bits per heavy atom. The lowest BCUT2D eigenvalue weighted by atomic mass is 9.99. The number of H-pyrrole nitrogens is 1. The number of carbonyl (C=O) groups is 4. The summed E-state index contributed by atoms with van der Waals surface area (Å²) >= 11 is 2.17. The quantitative estimate of drug-likeness (QED) is 0.135. The van der Waals surface area contributed by atoms with Crippen molar-refractivity contribution in [1.82, 2.24) is 30.8 Å². The Balaban J connectivity index is 1.55. The Morgan fingerprint density at radius 3 is 2.74 bits per heavy atom. The molecule has 3 unspecified atom stereocenters. The van der Waals surface area contributed by atoms with Crippen molar-refractivity contribution < 1.29 is 29.4 Å². The number of carboxylic acid groups (broad SMARTS) is 2. The summed E-state index contributed by atoms with van der Waals surface area (Å²) in [6, 6.07) is 4.41. The zero-order valence-electron chi connectivity index (χ0n) is 17.8. The van der Waals surface area contributed by atoms with Gasteiger partial charge in [-0.25, -0.2) is 9.89 Å². The van der Waals surface area contributed by atoms with Crippen molar-refractivity contribution in [3.8, 4) is 0 Å². The third kappa shape index (κ3) is 4.94. The van der Waals surface area contributed by atoms with Gasteiger partial charge in [0, 0.05) is 16.7 Å². The van der Waals surface area contributed by atoms with Crippen LogP contribution in [0.5, 0.6) is 0 Å². The zero-order chi connectivity index (χ0) is 25.3. The number of hydrogen-bond acceptors (Lipinski definition) is 11. The molecule has 16 heteroatoms. The number of tetrazole rings is 1. The van der Waals surface area contributed by atoms with E-state index in [2.05, 4.69) is 25.9 Å². The van der Waals surface area contributed by atoms with Gasteiger partial charge in [0.2, 0.25) is 11.1 Å². The lowest BCUT2D eigenvalue weighted by Crippen LogP contribution is -2.71. The van der Waals surface area contributed by atoms with Crippen molar-refractivity contribution in [2.75, 3.05) is 11.5 Å². The molecule has 1 saturated heterocycles. The van der Waals surface area contributed by atoms with Gasteiger partial charge in [0.05, 0.1) is 6.42 Å². The Kier molecular flexibility index (Phi) is 6.95. The second-order valence-corrected chi connectivity index (χ2v) is 9.93. The lowest BCUT2D eigenvalue weighted by molar-refractivity contribution is -0.150. The Hall–Kier alpha value is -3.63. The number of thioether (sulfide) groups is 2. The summed E-state index contributed by atoms with van der Waals surface area (Å²) in [4.78, 5) is 50.3. The van der Waals surface area contributed by atoms with Crippen molar-refractivity contribution >= 4 is 53.0 Å². The Labute approximate surface area is 205 Å². The number of hydrogen-bond donors (Lipinski definition) is 6. The number of fused-ring (bicyclic) bond motifs is 1. The molecule has 0 saturated carbocycles. The first-order valence-corrected chi connectivity index (χ1v) is 12.0. The van der Waals surface area contributed by atoms with Gasteiger partial charge < -0.3 is 27.0 Å². The van der Waals surface area contributed by atoms with Crippen LogP contribution in [0, 0.1) is 0 Å². The molecule has 4 rings (SSSR count). The van der Waals surface area contributed by atoms with Gasteiger partial charge in [-0.1, -0.05) is 23.9 Å². The van der Waals surface area contributed by atoms with Gasteiger partial charge in [-0.3, -0.25) is 19.3 Å². The molecule has 4 atom stereocenters. The molecule has 2 aromatic rings. The number of benzene rings is 1. The van der Waals surface area contributed by atoms with E-state index in [9.17, 15) is 29.4 Å². The molecule has 184 valence electrons. The van der Waals surface area contributed by atoms with Crippen molar-refractivity contribution in [3.05, 3.63) is 41.1 Å². The molecule has 35 heavy (non-hydrogen) atoms. The summed E-state index contributed by atoms with van der Waals surface area (Å²) in [5.74, 6) is -3.67. The summed E-state index contributed by atoms with van der Waals surface area (Å²) in [6.45, 7) is 0. The highest BCUT2D eigenvalue weighted by Gasteiger charge is 2.55. The van der Waals surface area contributed by atoms with E-state index in [0.717, 1.165) is 16.7 Å². The maximum atomic E-state index is 12.9. The topological polar surface area (TPSA) is 231 Å². The first-order valence-electron chi connectivity index (χ1n) is 10.1. The van der Waals surface area contributed by atoms with Crippen molar-refractivity contribution in [2.24, 2.45) is 5.73 Å². The van der Waals surface area contributed by atoms with Crippen LogP contribution in [0.2, 0.25) is 0 Å². The molecule has 0 spiro atoms. The highest BCUT2D eigenvalue weighted by atomic mass is 32.2. The van der Waals surface area contributed by atoms with Crippen molar-refractivity contribution in [3.63, 3.8) is 0 Å². The number of carboxylic acids is 2. The third-order valence-corrected chi connectivity index (χ3v) is 7.81. The molecule has 2 aliphatic rings. The molecule has 0 bridgehead atoms. The summed E-state index contributed by atoms with van der Waals surface area (Å²) < 4.78 is 0. The minimum atomic E-state index is -1.38. The standard InChI is InChI=1S/C19H20N8O6S2/c20-8-3-1-2-7(4-8)12(21)15(30)22-13-16(31)27-14(18(32)33)9(6-34-17(13)27)10(5-11(28)29)35-19-23-25-26-24-19/h1-4,10,12-13,17H,5-6,20-21H2,(H,22,30)(H,28,29)(H,32,33)(H,23,24,25,26)/t10?,12?,13?,17-/m0/s1. The molecule has 0 aliphatic carbocycles.